The van der Waals surface area contributed by atoms with Gasteiger partial charge in [-0.05, 0) is 68.2 Å². The van der Waals surface area contributed by atoms with E-state index in [4.69, 9.17) is 0 Å². The number of benzene rings is 1. The van der Waals surface area contributed by atoms with Crippen LogP contribution in [0.1, 0.15) is 50.4 Å². The van der Waals surface area contributed by atoms with E-state index >= 15 is 0 Å². The first-order valence-electron chi connectivity index (χ1n) is 9.57. The molecule has 1 aromatic rings. The van der Waals surface area contributed by atoms with E-state index in [1.807, 2.05) is 7.05 Å². The molecule has 1 amide bonds. The zero-order valence-electron chi connectivity index (χ0n) is 16.2. The van der Waals surface area contributed by atoms with Crippen LogP contribution in [-0.2, 0) is 10.0 Å². The molecule has 0 N–H and O–H groups in total. The summed E-state index contributed by atoms with van der Waals surface area (Å²) in [5, 5.41) is 0. The van der Waals surface area contributed by atoms with Crippen molar-refractivity contribution in [3.05, 3.63) is 29.8 Å². The second-order valence-corrected chi connectivity index (χ2v) is 10.2. The molecule has 0 radical (unpaired) electrons. The van der Waals surface area contributed by atoms with E-state index in [9.17, 15) is 13.2 Å². The lowest BCUT2D eigenvalue weighted by Gasteiger charge is -2.34. The summed E-state index contributed by atoms with van der Waals surface area (Å²) in [5.41, 5.74) is 0.541. The van der Waals surface area contributed by atoms with Crippen LogP contribution in [0.2, 0.25) is 0 Å². The van der Waals surface area contributed by atoms with E-state index in [0.717, 1.165) is 6.42 Å². The summed E-state index contributed by atoms with van der Waals surface area (Å²) in [7, 11) is -1.68. The molecule has 1 saturated heterocycles. The standard InChI is InChI=1S/C20H30N2O3S/c1-14-11-15(2)13-22(12-14)26(24,25)19-9-7-18(8-10-19)20(23)21(4)16(3)17-5-6-17/h7-10,14-17H,5-6,11-13H2,1-4H3. The van der Waals surface area contributed by atoms with Crippen LogP contribution < -0.4 is 0 Å². The number of sulfonamides is 1. The van der Waals surface area contributed by atoms with Crippen molar-refractivity contribution in [2.24, 2.45) is 17.8 Å². The molecule has 0 spiro atoms. The normalized spacial score (nSPS) is 25.7. The van der Waals surface area contributed by atoms with Crippen molar-refractivity contribution in [3.8, 4) is 0 Å². The van der Waals surface area contributed by atoms with Gasteiger partial charge in [0.05, 0.1) is 4.90 Å². The minimum absolute atomic E-state index is 0.0476. The fourth-order valence-corrected chi connectivity index (χ4v) is 5.68. The molecule has 0 aromatic heterocycles. The molecule has 1 aliphatic carbocycles. The molecule has 1 saturated carbocycles. The molecule has 3 rings (SSSR count). The molecule has 1 heterocycles. The third kappa shape index (κ3) is 3.96. The molecular formula is C20H30N2O3S. The largest absolute Gasteiger partial charge is 0.339 e. The van der Waals surface area contributed by atoms with Gasteiger partial charge in [0.2, 0.25) is 10.0 Å². The van der Waals surface area contributed by atoms with Gasteiger partial charge in [0, 0.05) is 31.7 Å². The van der Waals surface area contributed by atoms with Crippen LogP contribution in [0.25, 0.3) is 0 Å². The van der Waals surface area contributed by atoms with E-state index in [-0.39, 0.29) is 16.8 Å². The predicted octanol–water partition coefficient (Wildman–Crippen LogP) is 3.22. The Bertz CT molecular complexity index is 746. The summed E-state index contributed by atoms with van der Waals surface area (Å²) in [5.74, 6) is 1.29. The Labute approximate surface area is 157 Å². The Morgan fingerprint density at radius 3 is 2.15 bits per heavy atom. The number of piperidine rings is 1. The topological polar surface area (TPSA) is 57.7 Å². The van der Waals surface area contributed by atoms with Crippen molar-refractivity contribution in [2.45, 2.75) is 51.0 Å². The Hall–Kier alpha value is -1.40. The van der Waals surface area contributed by atoms with Gasteiger partial charge in [0.1, 0.15) is 0 Å². The molecule has 5 nitrogen and oxygen atoms in total. The Balaban J connectivity index is 1.75. The van der Waals surface area contributed by atoms with Crippen LogP contribution in [0.15, 0.2) is 29.2 Å². The van der Waals surface area contributed by atoms with Crippen LogP contribution in [-0.4, -0.2) is 49.7 Å². The lowest BCUT2D eigenvalue weighted by molar-refractivity contribution is 0.0727. The van der Waals surface area contributed by atoms with E-state index in [1.54, 1.807) is 33.5 Å². The van der Waals surface area contributed by atoms with Gasteiger partial charge in [-0.2, -0.15) is 4.31 Å². The molecule has 144 valence electrons. The number of hydrogen-bond acceptors (Lipinski definition) is 3. The minimum atomic E-state index is -3.50. The first-order chi connectivity index (χ1) is 12.2. The highest BCUT2D eigenvalue weighted by molar-refractivity contribution is 7.89. The van der Waals surface area contributed by atoms with Crippen LogP contribution in [0.4, 0.5) is 0 Å². The van der Waals surface area contributed by atoms with Gasteiger partial charge in [0.25, 0.3) is 5.91 Å². The number of hydrogen-bond donors (Lipinski definition) is 0. The van der Waals surface area contributed by atoms with E-state index in [1.165, 1.54) is 12.8 Å². The Morgan fingerprint density at radius 2 is 1.65 bits per heavy atom. The van der Waals surface area contributed by atoms with E-state index in [0.29, 0.717) is 36.4 Å². The quantitative estimate of drug-likeness (QED) is 0.790. The van der Waals surface area contributed by atoms with Gasteiger partial charge in [-0.15, -0.1) is 0 Å². The van der Waals surface area contributed by atoms with Gasteiger partial charge < -0.3 is 4.90 Å². The Morgan fingerprint density at radius 1 is 1.12 bits per heavy atom. The zero-order valence-corrected chi connectivity index (χ0v) is 17.0. The summed E-state index contributed by atoms with van der Waals surface area (Å²) in [6.45, 7) is 7.39. The van der Waals surface area contributed by atoms with Crippen LogP contribution in [0.5, 0.6) is 0 Å². The highest BCUT2D eigenvalue weighted by Gasteiger charge is 2.34. The van der Waals surface area contributed by atoms with Gasteiger partial charge in [-0.3, -0.25) is 4.79 Å². The molecule has 26 heavy (non-hydrogen) atoms. The van der Waals surface area contributed by atoms with Crippen LogP contribution >= 0.6 is 0 Å². The lowest BCUT2D eigenvalue weighted by Crippen LogP contribution is -2.42. The number of carbonyl (C=O) groups excluding carboxylic acids is 1. The fraction of sp³-hybridized carbons (Fsp3) is 0.650. The van der Waals surface area contributed by atoms with Gasteiger partial charge in [0.15, 0.2) is 0 Å². The second-order valence-electron chi connectivity index (χ2n) is 8.29. The molecule has 2 fully saturated rings. The number of rotatable bonds is 5. The monoisotopic (exact) mass is 378 g/mol. The minimum Gasteiger partial charge on any atom is -0.339 e. The molecule has 6 heteroatoms. The summed E-state index contributed by atoms with van der Waals surface area (Å²) >= 11 is 0. The smallest absolute Gasteiger partial charge is 0.253 e. The third-order valence-electron chi connectivity index (χ3n) is 5.81. The van der Waals surface area contributed by atoms with Crippen molar-refractivity contribution in [3.63, 3.8) is 0 Å². The second kappa shape index (κ2) is 7.31. The van der Waals surface area contributed by atoms with Gasteiger partial charge in [-0.1, -0.05) is 13.8 Å². The summed E-state index contributed by atoms with van der Waals surface area (Å²) < 4.78 is 27.4. The molecule has 3 unspecified atom stereocenters. The van der Waals surface area contributed by atoms with Crippen molar-refractivity contribution >= 4 is 15.9 Å². The van der Waals surface area contributed by atoms with Crippen molar-refractivity contribution in [2.75, 3.05) is 20.1 Å². The summed E-state index contributed by atoms with van der Waals surface area (Å²) in [4.78, 5) is 14.7. The van der Waals surface area contributed by atoms with Crippen molar-refractivity contribution in [1.29, 1.82) is 0 Å². The van der Waals surface area contributed by atoms with Crippen molar-refractivity contribution in [1.82, 2.24) is 9.21 Å². The first-order valence-corrected chi connectivity index (χ1v) is 11.0. The summed E-state index contributed by atoms with van der Waals surface area (Å²) in [6, 6.07) is 6.65. The number of carbonyl (C=O) groups is 1. The molecule has 0 bridgehead atoms. The van der Waals surface area contributed by atoms with Crippen molar-refractivity contribution < 1.29 is 13.2 Å². The summed E-state index contributed by atoms with van der Waals surface area (Å²) in [6.07, 6.45) is 3.43. The van der Waals surface area contributed by atoms with E-state index in [2.05, 4.69) is 20.8 Å². The van der Waals surface area contributed by atoms with Crippen LogP contribution in [0, 0.1) is 17.8 Å². The molecular weight excluding hydrogens is 348 g/mol. The SMILES string of the molecule is CC1CC(C)CN(S(=O)(=O)c2ccc(C(=O)N(C)C(C)C3CC3)cc2)C1. The zero-order chi connectivity index (χ0) is 19.1. The van der Waals surface area contributed by atoms with Gasteiger partial charge >= 0.3 is 0 Å². The van der Waals surface area contributed by atoms with Crippen LogP contribution in [0.3, 0.4) is 0 Å². The predicted molar refractivity (Wildman–Crippen MR) is 102 cm³/mol. The fourth-order valence-electron chi connectivity index (χ4n) is 4.00. The highest BCUT2D eigenvalue weighted by atomic mass is 32.2. The maximum Gasteiger partial charge on any atom is 0.253 e. The maximum atomic E-state index is 12.9. The molecule has 2 aliphatic rings. The molecule has 3 atom stereocenters. The lowest BCUT2D eigenvalue weighted by atomic mass is 9.94. The van der Waals surface area contributed by atoms with E-state index < -0.39 is 10.0 Å². The molecule has 1 aromatic carbocycles. The number of amides is 1. The first kappa shape index (κ1) is 19.4. The average molecular weight is 379 g/mol. The van der Waals surface area contributed by atoms with Gasteiger partial charge in [-0.25, -0.2) is 8.42 Å². The molecule has 1 aliphatic heterocycles. The third-order valence-corrected chi connectivity index (χ3v) is 7.66. The highest BCUT2D eigenvalue weighted by Crippen LogP contribution is 2.35. The average Bonchev–Trinajstić information content (AvgIpc) is 3.44. The number of nitrogens with zero attached hydrogens (tertiary/aromatic N) is 2. The maximum absolute atomic E-state index is 12.9. The Kier molecular flexibility index (Phi) is 5.45.